The average Bonchev–Trinajstić information content (AvgIpc) is 2.72. The molecule has 0 aliphatic heterocycles. The summed E-state index contributed by atoms with van der Waals surface area (Å²) in [6.45, 7) is 6.00. The molecule has 2 nitrogen and oxygen atoms in total. The van der Waals surface area contributed by atoms with Crippen molar-refractivity contribution >= 4 is 0 Å². The fourth-order valence-corrected chi connectivity index (χ4v) is 3.25. The lowest BCUT2D eigenvalue weighted by atomic mass is 10.1. The van der Waals surface area contributed by atoms with E-state index in [1.54, 1.807) is 0 Å². The van der Waals surface area contributed by atoms with Crippen molar-refractivity contribution in [2.45, 2.75) is 32.9 Å². The molecule has 0 N–H and O–H groups in total. The van der Waals surface area contributed by atoms with Crippen LogP contribution >= 0.6 is 0 Å². The molecule has 0 radical (unpaired) electrons. The van der Waals surface area contributed by atoms with Crippen molar-refractivity contribution in [2.75, 3.05) is 13.1 Å². The Bertz CT molecular complexity index is 786. The van der Waals surface area contributed by atoms with Gasteiger partial charge in [-0.3, -0.25) is 4.90 Å². The summed E-state index contributed by atoms with van der Waals surface area (Å²) in [6.07, 6.45) is 2.25. The lowest BCUT2D eigenvalue weighted by molar-refractivity contribution is 0.267. The number of benzene rings is 3. The molecule has 0 aliphatic rings. The molecule has 27 heavy (non-hydrogen) atoms. The van der Waals surface area contributed by atoms with Gasteiger partial charge in [0.25, 0.3) is 0 Å². The van der Waals surface area contributed by atoms with E-state index in [0.29, 0.717) is 6.61 Å². The van der Waals surface area contributed by atoms with Crippen LogP contribution in [0, 0.1) is 0 Å². The Kier molecular flexibility index (Phi) is 7.49. The maximum Gasteiger partial charge on any atom is 0.120 e. The fourth-order valence-electron chi connectivity index (χ4n) is 3.25. The second kappa shape index (κ2) is 10.5. The van der Waals surface area contributed by atoms with Crippen molar-refractivity contribution in [2.24, 2.45) is 0 Å². The summed E-state index contributed by atoms with van der Waals surface area (Å²) in [6, 6.07) is 29.6. The SMILES string of the molecule is CCCN(CCc1ccccc1)Cc1cccc(OCc2ccccc2)c1. The van der Waals surface area contributed by atoms with Crippen LogP contribution in [0.25, 0.3) is 0 Å². The van der Waals surface area contributed by atoms with E-state index < -0.39 is 0 Å². The minimum absolute atomic E-state index is 0.608. The van der Waals surface area contributed by atoms with Crippen molar-refractivity contribution in [3.8, 4) is 5.75 Å². The van der Waals surface area contributed by atoms with E-state index in [9.17, 15) is 0 Å². The Morgan fingerprint density at radius 1 is 0.704 bits per heavy atom. The highest BCUT2D eigenvalue weighted by Gasteiger charge is 2.07. The molecule has 0 spiro atoms. The van der Waals surface area contributed by atoms with Gasteiger partial charge in [0.15, 0.2) is 0 Å². The van der Waals surface area contributed by atoms with Gasteiger partial charge < -0.3 is 4.74 Å². The smallest absolute Gasteiger partial charge is 0.120 e. The first-order chi connectivity index (χ1) is 13.3. The lowest BCUT2D eigenvalue weighted by Crippen LogP contribution is -2.26. The number of hydrogen-bond donors (Lipinski definition) is 0. The molecule has 2 heteroatoms. The summed E-state index contributed by atoms with van der Waals surface area (Å²) in [4.78, 5) is 2.53. The molecule has 3 aromatic rings. The highest BCUT2D eigenvalue weighted by molar-refractivity contribution is 5.29. The molecule has 0 aromatic heterocycles. The quantitative estimate of drug-likeness (QED) is 0.459. The minimum atomic E-state index is 0.608. The molecule has 0 heterocycles. The summed E-state index contributed by atoms with van der Waals surface area (Å²) in [7, 11) is 0. The zero-order valence-electron chi connectivity index (χ0n) is 16.2. The molecule has 0 atom stereocenters. The van der Waals surface area contributed by atoms with Crippen LogP contribution in [0.2, 0.25) is 0 Å². The third-order valence-electron chi connectivity index (χ3n) is 4.65. The Morgan fingerprint density at radius 3 is 2.07 bits per heavy atom. The number of hydrogen-bond acceptors (Lipinski definition) is 2. The van der Waals surface area contributed by atoms with E-state index in [4.69, 9.17) is 4.74 Å². The summed E-state index contributed by atoms with van der Waals surface area (Å²) in [5.41, 5.74) is 3.90. The first kappa shape index (κ1) is 19.2. The topological polar surface area (TPSA) is 12.5 Å². The molecule has 140 valence electrons. The minimum Gasteiger partial charge on any atom is -0.489 e. The maximum absolute atomic E-state index is 5.99. The number of ether oxygens (including phenoxy) is 1. The van der Waals surface area contributed by atoms with Crippen LogP contribution in [0.1, 0.15) is 30.0 Å². The molecule has 0 amide bonds. The van der Waals surface area contributed by atoms with Gasteiger partial charge in [-0.1, -0.05) is 79.7 Å². The van der Waals surface area contributed by atoms with Gasteiger partial charge in [0, 0.05) is 13.1 Å². The first-order valence-electron chi connectivity index (χ1n) is 9.85. The molecular formula is C25H29NO. The predicted octanol–water partition coefficient (Wildman–Crippen LogP) is 5.72. The molecule has 0 saturated carbocycles. The molecule has 3 aromatic carbocycles. The van der Waals surface area contributed by atoms with Gasteiger partial charge in [-0.2, -0.15) is 0 Å². The van der Waals surface area contributed by atoms with Gasteiger partial charge in [-0.15, -0.1) is 0 Å². The Morgan fingerprint density at radius 2 is 1.37 bits per heavy atom. The molecule has 3 rings (SSSR count). The monoisotopic (exact) mass is 359 g/mol. The molecule has 0 saturated heterocycles. The number of nitrogens with zero attached hydrogens (tertiary/aromatic N) is 1. The van der Waals surface area contributed by atoms with E-state index in [1.807, 2.05) is 24.3 Å². The predicted molar refractivity (Wildman–Crippen MR) is 113 cm³/mol. The number of rotatable bonds is 10. The van der Waals surface area contributed by atoms with E-state index >= 15 is 0 Å². The zero-order valence-corrected chi connectivity index (χ0v) is 16.2. The van der Waals surface area contributed by atoms with Gasteiger partial charge in [0.05, 0.1) is 0 Å². The van der Waals surface area contributed by atoms with Crippen molar-refractivity contribution in [1.82, 2.24) is 4.90 Å². The van der Waals surface area contributed by atoms with Gasteiger partial charge in [0.1, 0.15) is 12.4 Å². The van der Waals surface area contributed by atoms with Crippen LogP contribution in [0.5, 0.6) is 5.75 Å². The van der Waals surface area contributed by atoms with Crippen molar-refractivity contribution in [1.29, 1.82) is 0 Å². The van der Waals surface area contributed by atoms with Crippen molar-refractivity contribution < 1.29 is 4.74 Å². The van der Waals surface area contributed by atoms with Gasteiger partial charge in [0.2, 0.25) is 0 Å². The summed E-state index contributed by atoms with van der Waals surface area (Å²) >= 11 is 0. The molecule has 0 fully saturated rings. The van der Waals surface area contributed by atoms with Gasteiger partial charge in [-0.05, 0) is 48.2 Å². The van der Waals surface area contributed by atoms with E-state index in [2.05, 4.69) is 72.5 Å². The second-order valence-corrected chi connectivity index (χ2v) is 6.93. The summed E-state index contributed by atoms with van der Waals surface area (Å²) < 4.78 is 5.99. The Hall–Kier alpha value is -2.58. The van der Waals surface area contributed by atoms with Gasteiger partial charge >= 0.3 is 0 Å². The highest BCUT2D eigenvalue weighted by atomic mass is 16.5. The molecular weight excluding hydrogens is 330 g/mol. The van der Waals surface area contributed by atoms with Crippen LogP contribution < -0.4 is 4.74 Å². The van der Waals surface area contributed by atoms with E-state index in [-0.39, 0.29) is 0 Å². The van der Waals surface area contributed by atoms with E-state index in [0.717, 1.165) is 31.8 Å². The molecule has 0 aliphatic carbocycles. The van der Waals surface area contributed by atoms with Crippen molar-refractivity contribution in [3.63, 3.8) is 0 Å². The molecule has 0 bridgehead atoms. The first-order valence-corrected chi connectivity index (χ1v) is 9.85. The maximum atomic E-state index is 5.99. The van der Waals surface area contributed by atoms with Crippen LogP contribution in [0.4, 0.5) is 0 Å². The highest BCUT2D eigenvalue weighted by Crippen LogP contribution is 2.17. The van der Waals surface area contributed by atoms with Crippen LogP contribution in [-0.4, -0.2) is 18.0 Å². The molecule has 0 unspecified atom stereocenters. The van der Waals surface area contributed by atoms with Crippen LogP contribution in [-0.2, 0) is 19.6 Å². The zero-order chi connectivity index (χ0) is 18.7. The summed E-state index contributed by atoms with van der Waals surface area (Å²) in [5.74, 6) is 0.941. The van der Waals surface area contributed by atoms with Crippen LogP contribution in [0.3, 0.4) is 0 Å². The largest absolute Gasteiger partial charge is 0.489 e. The third kappa shape index (κ3) is 6.58. The Labute approximate surface area is 163 Å². The fraction of sp³-hybridized carbons (Fsp3) is 0.280. The average molecular weight is 360 g/mol. The Balaban J connectivity index is 1.57. The third-order valence-corrected chi connectivity index (χ3v) is 4.65. The van der Waals surface area contributed by atoms with Crippen LogP contribution in [0.15, 0.2) is 84.9 Å². The normalized spacial score (nSPS) is 10.9. The standard InChI is InChI=1S/C25H29NO/c1-2-17-26(18-16-22-10-5-3-6-11-22)20-24-14-9-15-25(19-24)27-21-23-12-7-4-8-13-23/h3-15,19H,2,16-18,20-21H2,1H3. The van der Waals surface area contributed by atoms with E-state index in [1.165, 1.54) is 23.1 Å². The summed E-state index contributed by atoms with van der Waals surface area (Å²) in [5, 5.41) is 0. The lowest BCUT2D eigenvalue weighted by Gasteiger charge is -2.22. The van der Waals surface area contributed by atoms with Gasteiger partial charge in [-0.25, -0.2) is 0 Å². The van der Waals surface area contributed by atoms with Crippen molar-refractivity contribution in [3.05, 3.63) is 102 Å². The second-order valence-electron chi connectivity index (χ2n) is 6.93.